The maximum atomic E-state index is 4.27. The molecule has 1 unspecified atom stereocenters. The minimum atomic E-state index is 0.620. The van der Waals surface area contributed by atoms with Crippen LogP contribution in [0.25, 0.3) is 0 Å². The number of hydrogen-bond donors (Lipinski definition) is 2. The van der Waals surface area contributed by atoms with Gasteiger partial charge < -0.3 is 14.9 Å². The highest BCUT2D eigenvalue weighted by molar-refractivity contribution is 5.09. The molecule has 3 rings (SSSR count). The maximum Gasteiger partial charge on any atom is 0.107 e. The fourth-order valence-corrected chi connectivity index (χ4v) is 2.43. The highest BCUT2D eigenvalue weighted by atomic mass is 15.1. The average Bonchev–Trinajstić information content (AvgIpc) is 3.09. The molecule has 17 heavy (non-hydrogen) atoms. The molecule has 2 aromatic rings. The summed E-state index contributed by atoms with van der Waals surface area (Å²) in [7, 11) is 0. The molecule has 3 heterocycles. The van der Waals surface area contributed by atoms with Crippen LogP contribution < -0.4 is 5.32 Å². The van der Waals surface area contributed by atoms with Crippen LogP contribution in [0.2, 0.25) is 0 Å². The quantitative estimate of drug-likeness (QED) is 0.823. The van der Waals surface area contributed by atoms with Crippen molar-refractivity contribution in [1.29, 1.82) is 0 Å². The van der Waals surface area contributed by atoms with Gasteiger partial charge in [0.15, 0.2) is 0 Å². The Morgan fingerprint density at radius 3 is 3.24 bits per heavy atom. The van der Waals surface area contributed by atoms with E-state index >= 15 is 0 Å². The first-order chi connectivity index (χ1) is 8.43. The lowest BCUT2D eigenvalue weighted by Gasteiger charge is -2.12. The summed E-state index contributed by atoms with van der Waals surface area (Å²) < 4.78 is 2.25. The third-order valence-corrected chi connectivity index (χ3v) is 3.37. The van der Waals surface area contributed by atoms with E-state index in [0.717, 1.165) is 31.9 Å². The van der Waals surface area contributed by atoms with Gasteiger partial charge in [-0.25, -0.2) is 9.97 Å². The summed E-state index contributed by atoms with van der Waals surface area (Å²) in [4.78, 5) is 11.6. The molecule has 0 spiro atoms. The standard InChI is InChI=1S/C12H17N5/c1-3-13-7-10(1)11-8-14-9-17(11)6-2-12-15-4-5-16-12/h4-5,8-10,13H,1-3,6-7H2,(H,15,16). The fourth-order valence-electron chi connectivity index (χ4n) is 2.43. The molecule has 0 saturated carbocycles. The molecule has 0 aromatic carbocycles. The van der Waals surface area contributed by atoms with Gasteiger partial charge in [0.2, 0.25) is 0 Å². The van der Waals surface area contributed by atoms with E-state index in [1.54, 1.807) is 6.20 Å². The van der Waals surface area contributed by atoms with Crippen molar-refractivity contribution in [3.05, 3.63) is 36.4 Å². The van der Waals surface area contributed by atoms with Crippen LogP contribution in [-0.4, -0.2) is 32.6 Å². The highest BCUT2D eigenvalue weighted by Crippen LogP contribution is 2.21. The Labute approximate surface area is 100 Å². The molecule has 1 aliphatic heterocycles. The van der Waals surface area contributed by atoms with Gasteiger partial charge in [-0.3, -0.25) is 0 Å². The van der Waals surface area contributed by atoms with E-state index in [9.17, 15) is 0 Å². The minimum absolute atomic E-state index is 0.620. The van der Waals surface area contributed by atoms with Crippen LogP contribution >= 0.6 is 0 Å². The molecule has 1 saturated heterocycles. The van der Waals surface area contributed by atoms with E-state index in [0.29, 0.717) is 5.92 Å². The van der Waals surface area contributed by atoms with Gasteiger partial charge in [0.05, 0.1) is 6.33 Å². The van der Waals surface area contributed by atoms with Gasteiger partial charge >= 0.3 is 0 Å². The molecule has 90 valence electrons. The first kappa shape index (κ1) is 10.5. The van der Waals surface area contributed by atoms with Crippen molar-refractivity contribution in [2.24, 2.45) is 0 Å². The van der Waals surface area contributed by atoms with Crippen molar-refractivity contribution in [2.75, 3.05) is 13.1 Å². The van der Waals surface area contributed by atoms with E-state index in [-0.39, 0.29) is 0 Å². The van der Waals surface area contributed by atoms with Crippen LogP contribution in [0.3, 0.4) is 0 Å². The van der Waals surface area contributed by atoms with E-state index in [4.69, 9.17) is 0 Å². The second-order valence-corrected chi connectivity index (χ2v) is 4.49. The van der Waals surface area contributed by atoms with Gasteiger partial charge in [-0.15, -0.1) is 0 Å². The third-order valence-electron chi connectivity index (χ3n) is 3.37. The predicted octanol–water partition coefficient (Wildman–Crippen LogP) is 0.926. The summed E-state index contributed by atoms with van der Waals surface area (Å²) in [6, 6.07) is 0. The first-order valence-corrected chi connectivity index (χ1v) is 6.12. The lowest BCUT2D eigenvalue weighted by molar-refractivity contribution is 0.604. The molecule has 5 nitrogen and oxygen atoms in total. The minimum Gasteiger partial charge on any atom is -0.349 e. The van der Waals surface area contributed by atoms with Crippen molar-refractivity contribution in [3.8, 4) is 0 Å². The van der Waals surface area contributed by atoms with Crippen LogP contribution in [0.15, 0.2) is 24.9 Å². The van der Waals surface area contributed by atoms with E-state index in [2.05, 4.69) is 24.8 Å². The molecule has 0 aliphatic carbocycles. The fraction of sp³-hybridized carbons (Fsp3) is 0.500. The Bertz CT molecular complexity index is 453. The van der Waals surface area contributed by atoms with Crippen LogP contribution in [-0.2, 0) is 13.0 Å². The van der Waals surface area contributed by atoms with Crippen molar-refractivity contribution < 1.29 is 0 Å². The molecule has 0 bridgehead atoms. The van der Waals surface area contributed by atoms with Gasteiger partial charge in [-0.2, -0.15) is 0 Å². The SMILES string of the molecule is c1c[nH]c(CCn2cncc2C2CCNC2)n1. The summed E-state index contributed by atoms with van der Waals surface area (Å²) in [5, 5.41) is 3.40. The van der Waals surface area contributed by atoms with Gasteiger partial charge in [-0.1, -0.05) is 0 Å². The van der Waals surface area contributed by atoms with Gasteiger partial charge in [0.1, 0.15) is 5.82 Å². The molecule has 2 aromatic heterocycles. The summed E-state index contributed by atoms with van der Waals surface area (Å²) >= 11 is 0. The number of aryl methyl sites for hydroxylation is 2. The zero-order valence-electron chi connectivity index (χ0n) is 9.76. The average molecular weight is 231 g/mol. The monoisotopic (exact) mass is 231 g/mol. The first-order valence-electron chi connectivity index (χ1n) is 6.12. The van der Waals surface area contributed by atoms with Crippen LogP contribution in [0, 0.1) is 0 Å². The van der Waals surface area contributed by atoms with Crippen molar-refractivity contribution in [3.63, 3.8) is 0 Å². The van der Waals surface area contributed by atoms with Crippen LogP contribution in [0.1, 0.15) is 23.9 Å². The highest BCUT2D eigenvalue weighted by Gasteiger charge is 2.19. The number of aromatic amines is 1. The predicted molar refractivity (Wildman–Crippen MR) is 64.7 cm³/mol. The molecule has 5 heteroatoms. The second-order valence-electron chi connectivity index (χ2n) is 4.49. The maximum absolute atomic E-state index is 4.27. The van der Waals surface area contributed by atoms with Crippen LogP contribution in [0.5, 0.6) is 0 Å². The lowest BCUT2D eigenvalue weighted by atomic mass is 10.1. The Morgan fingerprint density at radius 2 is 2.47 bits per heavy atom. The molecule has 0 amide bonds. The Balaban J connectivity index is 1.68. The number of imidazole rings is 2. The third kappa shape index (κ3) is 2.24. The summed E-state index contributed by atoms with van der Waals surface area (Å²) in [6.07, 6.45) is 9.73. The van der Waals surface area contributed by atoms with Crippen molar-refractivity contribution in [2.45, 2.75) is 25.3 Å². The number of hydrogen-bond acceptors (Lipinski definition) is 3. The number of nitrogens with zero attached hydrogens (tertiary/aromatic N) is 3. The molecule has 1 atom stereocenters. The lowest BCUT2D eigenvalue weighted by Crippen LogP contribution is -2.12. The smallest absolute Gasteiger partial charge is 0.107 e. The van der Waals surface area contributed by atoms with E-state index in [1.165, 1.54) is 12.1 Å². The number of aromatic nitrogens is 4. The van der Waals surface area contributed by atoms with Gasteiger partial charge in [0, 0.05) is 49.7 Å². The number of rotatable bonds is 4. The molecule has 1 aliphatic rings. The second kappa shape index (κ2) is 4.71. The Morgan fingerprint density at radius 1 is 1.47 bits per heavy atom. The van der Waals surface area contributed by atoms with Crippen LogP contribution in [0.4, 0.5) is 0 Å². The molecular formula is C12H17N5. The number of nitrogens with one attached hydrogen (secondary N) is 2. The van der Waals surface area contributed by atoms with Crippen molar-refractivity contribution in [1.82, 2.24) is 24.8 Å². The van der Waals surface area contributed by atoms with E-state index < -0.39 is 0 Å². The van der Waals surface area contributed by atoms with Gasteiger partial charge in [0.25, 0.3) is 0 Å². The van der Waals surface area contributed by atoms with Crippen molar-refractivity contribution >= 4 is 0 Å². The summed E-state index contributed by atoms with van der Waals surface area (Å²) in [6.45, 7) is 3.14. The Hall–Kier alpha value is -1.62. The normalized spacial score (nSPS) is 19.9. The van der Waals surface area contributed by atoms with E-state index in [1.807, 2.05) is 18.7 Å². The zero-order chi connectivity index (χ0) is 11.5. The molecular weight excluding hydrogens is 214 g/mol. The zero-order valence-corrected chi connectivity index (χ0v) is 9.76. The van der Waals surface area contributed by atoms with Gasteiger partial charge in [-0.05, 0) is 13.0 Å². The number of H-pyrrole nitrogens is 1. The largest absolute Gasteiger partial charge is 0.349 e. The topological polar surface area (TPSA) is 58.5 Å². The molecule has 2 N–H and O–H groups in total. The molecule has 1 fully saturated rings. The Kier molecular flexibility index (Phi) is 2.92. The molecule has 0 radical (unpaired) electrons. The summed E-state index contributed by atoms with van der Waals surface area (Å²) in [5.41, 5.74) is 1.35. The summed E-state index contributed by atoms with van der Waals surface area (Å²) in [5.74, 6) is 1.66.